The zero-order chi connectivity index (χ0) is 12.2. The maximum atomic E-state index is 12.2. The molecule has 1 aromatic heterocycles. The fourth-order valence-corrected chi connectivity index (χ4v) is 5.79. The minimum atomic E-state index is -0.103. The first kappa shape index (κ1) is 9.64. The summed E-state index contributed by atoms with van der Waals surface area (Å²) in [5.74, 6) is 3.03. The van der Waals surface area contributed by atoms with Crippen molar-refractivity contribution in [3.05, 3.63) is 21.0 Å². The predicted molar refractivity (Wildman–Crippen MR) is 64.4 cm³/mol. The molecule has 3 saturated carbocycles. The zero-order valence-electron chi connectivity index (χ0n) is 10.5. The van der Waals surface area contributed by atoms with Crippen molar-refractivity contribution < 1.29 is 0 Å². The average molecular weight is 247 g/mol. The number of rotatable bonds is 0. The Balaban J connectivity index is 1.78. The second kappa shape index (κ2) is 2.68. The van der Waals surface area contributed by atoms with Crippen molar-refractivity contribution in [1.29, 1.82) is 0 Å². The van der Waals surface area contributed by atoms with E-state index in [9.17, 15) is 9.59 Å². The van der Waals surface area contributed by atoms with E-state index in [1.807, 2.05) is 0 Å². The van der Waals surface area contributed by atoms with Gasteiger partial charge in [0.1, 0.15) is 0 Å². The van der Waals surface area contributed by atoms with E-state index in [1.165, 1.54) is 23.8 Å². The molecule has 1 aromatic rings. The quantitative estimate of drug-likeness (QED) is 0.627. The van der Waals surface area contributed by atoms with E-state index in [2.05, 4.69) is 0 Å². The van der Waals surface area contributed by atoms with Crippen LogP contribution in [-0.2, 0) is 7.05 Å². The third-order valence-electron chi connectivity index (χ3n) is 6.24. The lowest BCUT2D eigenvalue weighted by atomic mass is 9.78. The van der Waals surface area contributed by atoms with Gasteiger partial charge in [0, 0.05) is 7.05 Å². The van der Waals surface area contributed by atoms with Gasteiger partial charge >= 0.3 is 11.4 Å². The van der Waals surface area contributed by atoms with E-state index in [0.717, 1.165) is 18.3 Å². The Labute approximate surface area is 104 Å². The zero-order valence-corrected chi connectivity index (χ0v) is 10.5. The first-order valence-electron chi connectivity index (χ1n) is 7.08. The van der Waals surface area contributed by atoms with Crippen molar-refractivity contribution in [3.63, 3.8) is 0 Å². The van der Waals surface area contributed by atoms with E-state index in [4.69, 9.17) is 0 Å². The largest absolute Gasteiger partial charge is 0.347 e. The van der Waals surface area contributed by atoms with Crippen LogP contribution in [0.2, 0.25) is 0 Å². The number of hydrogen-bond acceptors (Lipinski definition) is 2. The highest BCUT2D eigenvalue weighted by molar-refractivity contribution is 5.12. The molecule has 4 aliphatic rings. The third kappa shape index (κ3) is 0.780. The van der Waals surface area contributed by atoms with Gasteiger partial charge in [-0.15, -0.1) is 0 Å². The Morgan fingerprint density at radius 1 is 0.889 bits per heavy atom. The molecule has 0 radical (unpaired) electrons. The maximum absolute atomic E-state index is 12.2. The van der Waals surface area contributed by atoms with Crippen LogP contribution in [0.15, 0.2) is 9.59 Å². The van der Waals surface area contributed by atoms with Crippen LogP contribution in [-0.4, -0.2) is 13.9 Å². The van der Waals surface area contributed by atoms with E-state index in [-0.39, 0.29) is 11.4 Å². The Morgan fingerprint density at radius 3 is 1.89 bits per heavy atom. The number of fused-ring (bicyclic) bond motifs is 12. The van der Waals surface area contributed by atoms with Gasteiger partial charge in [0.25, 0.3) is 0 Å². The summed E-state index contributed by atoms with van der Waals surface area (Å²) in [6.07, 6.45) is 5.08. The van der Waals surface area contributed by atoms with Crippen LogP contribution in [0.1, 0.15) is 37.8 Å². The summed E-state index contributed by atoms with van der Waals surface area (Å²) < 4.78 is 4.85. The number of hydrogen-bond donors (Lipinski definition) is 0. The molecule has 3 aliphatic carbocycles. The van der Waals surface area contributed by atoms with Gasteiger partial charge in [-0.1, -0.05) is 0 Å². The molecule has 5 heteroatoms. The molecule has 5 rings (SSSR count). The predicted octanol–water partition coefficient (Wildman–Crippen LogP) is 0.510. The van der Waals surface area contributed by atoms with Gasteiger partial charge < -0.3 is 0 Å². The van der Waals surface area contributed by atoms with Crippen molar-refractivity contribution in [2.75, 3.05) is 0 Å². The number of nitrogens with zero attached hydrogens (tertiary/aromatic N) is 3. The Hall–Kier alpha value is -1.26. The molecule has 0 spiro atoms. The highest BCUT2D eigenvalue weighted by atomic mass is 16.2. The Kier molecular flexibility index (Phi) is 1.43. The van der Waals surface area contributed by atoms with E-state index >= 15 is 0 Å². The van der Waals surface area contributed by atoms with Gasteiger partial charge in [-0.05, 0) is 49.4 Å². The van der Waals surface area contributed by atoms with Crippen molar-refractivity contribution in [2.24, 2.45) is 30.7 Å². The lowest BCUT2D eigenvalue weighted by molar-refractivity contribution is 0.127. The molecule has 6 unspecified atom stereocenters. The van der Waals surface area contributed by atoms with Crippen molar-refractivity contribution in [2.45, 2.75) is 37.8 Å². The molecule has 3 fully saturated rings. The van der Waals surface area contributed by atoms with E-state index < -0.39 is 0 Å². The van der Waals surface area contributed by atoms with Crippen LogP contribution in [0.5, 0.6) is 0 Å². The monoisotopic (exact) mass is 247 g/mol. The summed E-state index contributed by atoms with van der Waals surface area (Å²) in [5, 5.41) is 0. The van der Waals surface area contributed by atoms with Crippen molar-refractivity contribution >= 4 is 0 Å². The van der Waals surface area contributed by atoms with Gasteiger partial charge in [0.05, 0.1) is 12.1 Å². The SMILES string of the molecule is Cn1c(=O)n2n(c1=O)C1CC2C2C3CCC(C3)C21. The summed E-state index contributed by atoms with van der Waals surface area (Å²) >= 11 is 0. The number of aromatic nitrogens is 3. The molecule has 0 N–H and O–H groups in total. The van der Waals surface area contributed by atoms with Crippen molar-refractivity contribution in [3.8, 4) is 0 Å². The topological polar surface area (TPSA) is 48.9 Å². The molecule has 96 valence electrons. The molecular formula is C13H17N3O2. The molecule has 0 amide bonds. The summed E-state index contributed by atoms with van der Waals surface area (Å²) in [6.45, 7) is 0. The maximum Gasteiger partial charge on any atom is 0.347 e. The first-order chi connectivity index (χ1) is 8.68. The second-order valence-corrected chi connectivity index (χ2v) is 6.67. The second-order valence-electron chi connectivity index (χ2n) is 6.67. The Bertz CT molecular complexity index is 613. The van der Waals surface area contributed by atoms with Crippen LogP contribution in [0.3, 0.4) is 0 Å². The van der Waals surface area contributed by atoms with E-state index in [1.54, 1.807) is 16.4 Å². The first-order valence-corrected chi connectivity index (χ1v) is 7.08. The minimum absolute atomic E-state index is 0.103. The lowest BCUT2D eigenvalue weighted by Gasteiger charge is -2.35. The van der Waals surface area contributed by atoms with Crippen LogP contribution >= 0.6 is 0 Å². The van der Waals surface area contributed by atoms with Gasteiger partial charge in [-0.3, -0.25) is 0 Å². The highest BCUT2D eigenvalue weighted by Crippen LogP contribution is 2.66. The van der Waals surface area contributed by atoms with Gasteiger partial charge in [-0.25, -0.2) is 23.5 Å². The summed E-state index contributed by atoms with van der Waals surface area (Å²) in [6, 6.07) is 0.633. The summed E-state index contributed by atoms with van der Waals surface area (Å²) in [5.41, 5.74) is -0.206. The highest BCUT2D eigenvalue weighted by Gasteiger charge is 2.63. The molecular weight excluding hydrogens is 230 g/mol. The van der Waals surface area contributed by atoms with Crippen molar-refractivity contribution in [1.82, 2.24) is 13.9 Å². The third-order valence-corrected chi connectivity index (χ3v) is 6.24. The van der Waals surface area contributed by atoms with Crippen LogP contribution < -0.4 is 11.4 Å². The van der Waals surface area contributed by atoms with E-state index in [0.29, 0.717) is 23.9 Å². The fraction of sp³-hybridized carbons (Fsp3) is 0.846. The molecule has 2 heterocycles. The lowest BCUT2D eigenvalue weighted by Crippen LogP contribution is -2.39. The van der Waals surface area contributed by atoms with Crippen LogP contribution in [0, 0.1) is 23.7 Å². The molecule has 5 nitrogen and oxygen atoms in total. The standard InChI is InChI=1S/C13H17N3O2/c1-14-12(17)15-8-5-9(16(15)13(14)18)11-7-3-2-6(4-7)10(8)11/h6-11H,2-5H2,1H3. The summed E-state index contributed by atoms with van der Waals surface area (Å²) in [4.78, 5) is 24.3. The van der Waals surface area contributed by atoms with Crippen LogP contribution in [0.4, 0.5) is 0 Å². The van der Waals surface area contributed by atoms with Crippen LogP contribution in [0.25, 0.3) is 0 Å². The molecule has 4 bridgehead atoms. The molecule has 0 saturated heterocycles. The normalized spacial score (nSPS) is 46.7. The smallest absolute Gasteiger partial charge is 0.246 e. The summed E-state index contributed by atoms with van der Waals surface area (Å²) in [7, 11) is 1.60. The Morgan fingerprint density at radius 2 is 1.39 bits per heavy atom. The van der Waals surface area contributed by atoms with Gasteiger partial charge in [-0.2, -0.15) is 0 Å². The average Bonchev–Trinajstić information content (AvgIpc) is 3.11. The fourth-order valence-electron chi connectivity index (χ4n) is 5.79. The molecule has 6 atom stereocenters. The van der Waals surface area contributed by atoms with Gasteiger partial charge in [0.15, 0.2) is 0 Å². The molecule has 0 aromatic carbocycles. The minimum Gasteiger partial charge on any atom is -0.246 e. The van der Waals surface area contributed by atoms with Gasteiger partial charge in [0.2, 0.25) is 0 Å². The molecule has 18 heavy (non-hydrogen) atoms. The molecule has 1 aliphatic heterocycles.